The van der Waals surface area contributed by atoms with Gasteiger partial charge in [-0.3, -0.25) is 9.69 Å². The SMILES string of the molecule is CCCN(CCC)CC(=O)C12C[C@H]3C[C@@H](C1)CC(c1ccc(C)cc1)(C3)C2. The summed E-state index contributed by atoms with van der Waals surface area (Å²) in [5.41, 5.74) is 3.09. The van der Waals surface area contributed by atoms with E-state index in [4.69, 9.17) is 0 Å². The number of aryl methyl sites for hydroxylation is 1. The molecule has 4 bridgehead atoms. The van der Waals surface area contributed by atoms with Crippen LogP contribution in [0.2, 0.25) is 0 Å². The number of carbonyl (C=O) groups is 1. The molecular formula is C25H37NO. The highest BCUT2D eigenvalue weighted by Crippen LogP contribution is 2.66. The number of hydrogen-bond donors (Lipinski definition) is 0. The Bertz CT molecular complexity index is 656. The molecule has 1 aromatic rings. The first-order valence-corrected chi connectivity index (χ1v) is 11.3. The van der Waals surface area contributed by atoms with Crippen molar-refractivity contribution in [3.05, 3.63) is 35.4 Å². The first-order valence-electron chi connectivity index (χ1n) is 11.3. The average Bonchev–Trinajstić information content (AvgIpc) is 2.61. The van der Waals surface area contributed by atoms with Gasteiger partial charge in [0.25, 0.3) is 0 Å². The van der Waals surface area contributed by atoms with Crippen molar-refractivity contribution in [2.75, 3.05) is 19.6 Å². The van der Waals surface area contributed by atoms with Crippen molar-refractivity contribution in [3.63, 3.8) is 0 Å². The molecule has 148 valence electrons. The molecule has 0 heterocycles. The first-order chi connectivity index (χ1) is 13.0. The maximum absolute atomic E-state index is 13.6. The average molecular weight is 368 g/mol. The molecule has 27 heavy (non-hydrogen) atoms. The molecule has 0 aliphatic heterocycles. The van der Waals surface area contributed by atoms with E-state index in [1.807, 2.05) is 0 Å². The molecule has 4 atom stereocenters. The molecule has 2 nitrogen and oxygen atoms in total. The number of nitrogens with zero attached hydrogens (tertiary/aromatic N) is 1. The smallest absolute Gasteiger partial charge is 0.153 e. The van der Waals surface area contributed by atoms with Gasteiger partial charge in [0.2, 0.25) is 0 Å². The molecule has 0 radical (unpaired) electrons. The van der Waals surface area contributed by atoms with Crippen LogP contribution in [0.4, 0.5) is 0 Å². The second kappa shape index (κ2) is 7.35. The molecule has 4 fully saturated rings. The second-order valence-corrected chi connectivity index (χ2v) is 10.1. The molecule has 0 N–H and O–H groups in total. The highest BCUT2D eigenvalue weighted by Gasteiger charge is 2.60. The van der Waals surface area contributed by atoms with Gasteiger partial charge in [-0.2, -0.15) is 0 Å². The van der Waals surface area contributed by atoms with Crippen molar-refractivity contribution in [2.24, 2.45) is 17.3 Å². The van der Waals surface area contributed by atoms with Gasteiger partial charge in [0, 0.05) is 5.41 Å². The monoisotopic (exact) mass is 367 g/mol. The van der Waals surface area contributed by atoms with E-state index in [1.54, 1.807) is 0 Å². The molecule has 1 aromatic carbocycles. The Balaban J connectivity index is 1.59. The third-order valence-electron chi connectivity index (χ3n) is 7.76. The van der Waals surface area contributed by atoms with Crippen molar-refractivity contribution in [1.29, 1.82) is 0 Å². The third-order valence-corrected chi connectivity index (χ3v) is 7.76. The minimum absolute atomic E-state index is 0.0330. The lowest BCUT2D eigenvalue weighted by molar-refractivity contribution is -0.148. The van der Waals surface area contributed by atoms with Gasteiger partial charge in [-0.1, -0.05) is 43.7 Å². The van der Waals surface area contributed by atoms with Gasteiger partial charge in [-0.15, -0.1) is 0 Å². The molecular weight excluding hydrogens is 330 g/mol. The van der Waals surface area contributed by atoms with Crippen molar-refractivity contribution in [1.82, 2.24) is 4.90 Å². The number of benzene rings is 1. The van der Waals surface area contributed by atoms with Crippen LogP contribution in [0.1, 0.15) is 76.3 Å². The molecule has 4 aliphatic carbocycles. The Morgan fingerprint density at radius 3 is 2.15 bits per heavy atom. The highest BCUT2D eigenvalue weighted by molar-refractivity contribution is 5.87. The Labute approximate surface area is 165 Å². The quantitative estimate of drug-likeness (QED) is 0.602. The van der Waals surface area contributed by atoms with Crippen LogP contribution in [0.3, 0.4) is 0 Å². The van der Waals surface area contributed by atoms with Gasteiger partial charge in [-0.25, -0.2) is 0 Å². The topological polar surface area (TPSA) is 20.3 Å². The van der Waals surface area contributed by atoms with Crippen LogP contribution in [-0.2, 0) is 10.2 Å². The Kier molecular flexibility index (Phi) is 5.22. The lowest BCUT2D eigenvalue weighted by Crippen LogP contribution is -2.58. The predicted octanol–water partition coefficient (Wildman–Crippen LogP) is 5.52. The number of ketones is 1. The van der Waals surface area contributed by atoms with Gasteiger partial charge < -0.3 is 0 Å². The summed E-state index contributed by atoms with van der Waals surface area (Å²) in [6.07, 6.45) is 9.73. The second-order valence-electron chi connectivity index (χ2n) is 10.1. The van der Waals surface area contributed by atoms with E-state index >= 15 is 0 Å². The summed E-state index contributed by atoms with van der Waals surface area (Å²) in [7, 11) is 0. The van der Waals surface area contributed by atoms with Gasteiger partial charge >= 0.3 is 0 Å². The molecule has 4 saturated carbocycles. The van der Waals surface area contributed by atoms with E-state index in [9.17, 15) is 4.79 Å². The summed E-state index contributed by atoms with van der Waals surface area (Å²) in [5.74, 6) is 2.10. The predicted molar refractivity (Wildman–Crippen MR) is 112 cm³/mol. The van der Waals surface area contributed by atoms with E-state index in [-0.39, 0.29) is 10.8 Å². The zero-order valence-corrected chi connectivity index (χ0v) is 17.6. The van der Waals surface area contributed by atoms with Gasteiger partial charge in [0.15, 0.2) is 5.78 Å². The summed E-state index contributed by atoms with van der Waals surface area (Å²) in [6, 6.07) is 9.27. The summed E-state index contributed by atoms with van der Waals surface area (Å²) >= 11 is 0. The van der Waals surface area contributed by atoms with E-state index in [1.165, 1.54) is 43.2 Å². The molecule has 0 spiro atoms. The number of carbonyl (C=O) groups excluding carboxylic acids is 1. The van der Waals surface area contributed by atoms with Crippen LogP contribution in [0.25, 0.3) is 0 Å². The fourth-order valence-electron chi connectivity index (χ4n) is 7.11. The molecule has 0 saturated heterocycles. The van der Waals surface area contributed by atoms with Crippen LogP contribution < -0.4 is 0 Å². The zero-order chi connectivity index (χ0) is 19.1. The summed E-state index contributed by atoms with van der Waals surface area (Å²) < 4.78 is 0. The van der Waals surface area contributed by atoms with E-state index in [2.05, 4.69) is 49.9 Å². The number of hydrogen-bond acceptors (Lipinski definition) is 2. The van der Waals surface area contributed by atoms with E-state index < -0.39 is 0 Å². The lowest BCUT2D eigenvalue weighted by Gasteiger charge is -2.62. The molecule has 0 amide bonds. The van der Waals surface area contributed by atoms with Gasteiger partial charge in [0.05, 0.1) is 6.54 Å². The number of Topliss-reactive ketones (excluding diaryl/α,β-unsaturated/α-hetero) is 1. The van der Waals surface area contributed by atoms with Crippen molar-refractivity contribution in [3.8, 4) is 0 Å². The molecule has 0 aromatic heterocycles. The largest absolute Gasteiger partial charge is 0.298 e. The fraction of sp³-hybridized carbons (Fsp3) is 0.720. The highest BCUT2D eigenvalue weighted by atomic mass is 16.1. The molecule has 5 rings (SSSR count). The van der Waals surface area contributed by atoms with Gasteiger partial charge in [0.1, 0.15) is 0 Å². The lowest BCUT2D eigenvalue weighted by atomic mass is 9.42. The zero-order valence-electron chi connectivity index (χ0n) is 17.6. The molecule has 2 heteroatoms. The minimum Gasteiger partial charge on any atom is -0.298 e. The Hall–Kier alpha value is -1.15. The Morgan fingerprint density at radius 2 is 1.59 bits per heavy atom. The summed E-state index contributed by atoms with van der Waals surface area (Å²) in [5, 5.41) is 0. The van der Waals surface area contributed by atoms with Crippen LogP contribution in [0, 0.1) is 24.2 Å². The van der Waals surface area contributed by atoms with E-state index in [0.29, 0.717) is 12.3 Å². The normalized spacial score (nSPS) is 34.4. The summed E-state index contributed by atoms with van der Waals surface area (Å²) in [6.45, 7) is 9.43. The minimum atomic E-state index is -0.0330. The summed E-state index contributed by atoms with van der Waals surface area (Å²) in [4.78, 5) is 16.1. The van der Waals surface area contributed by atoms with Crippen LogP contribution in [0.15, 0.2) is 24.3 Å². The molecule has 4 aliphatic rings. The van der Waals surface area contributed by atoms with Crippen LogP contribution in [0.5, 0.6) is 0 Å². The van der Waals surface area contributed by atoms with Gasteiger partial charge in [-0.05, 0) is 94.2 Å². The first kappa shape index (κ1) is 19.2. The standard InChI is InChI=1S/C25H37NO/c1-4-10-26(11-5-2)17-23(27)25-15-20-12-21(16-25)14-24(13-20,18-25)22-8-6-19(3)7-9-22/h6-9,20-21H,4-5,10-18H2,1-3H3/t20-,21+,24?,25?. The third kappa shape index (κ3) is 3.50. The van der Waals surface area contributed by atoms with E-state index in [0.717, 1.165) is 44.2 Å². The molecule has 2 unspecified atom stereocenters. The Morgan fingerprint density at radius 1 is 1.00 bits per heavy atom. The van der Waals surface area contributed by atoms with Crippen molar-refractivity contribution in [2.45, 2.75) is 77.6 Å². The maximum Gasteiger partial charge on any atom is 0.153 e. The fourth-order valence-corrected chi connectivity index (χ4v) is 7.11. The van der Waals surface area contributed by atoms with Crippen LogP contribution in [-0.4, -0.2) is 30.3 Å². The number of rotatable bonds is 8. The maximum atomic E-state index is 13.6. The van der Waals surface area contributed by atoms with Crippen LogP contribution >= 0.6 is 0 Å². The van der Waals surface area contributed by atoms with Crippen molar-refractivity contribution < 1.29 is 4.79 Å². The van der Waals surface area contributed by atoms with Crippen molar-refractivity contribution >= 4 is 5.78 Å².